The zero-order valence-corrected chi connectivity index (χ0v) is 12.2. The molecule has 0 atom stereocenters. The maximum Gasteiger partial charge on any atom is 0.263 e. The van der Waals surface area contributed by atoms with Crippen molar-refractivity contribution in [2.75, 3.05) is 5.32 Å². The largest absolute Gasteiger partial charge is 0.310 e. The molecule has 0 saturated carbocycles. The number of rotatable bonds is 4. The quantitative estimate of drug-likeness (QED) is 0.799. The monoisotopic (exact) mass is 306 g/mol. The van der Waals surface area contributed by atoms with Crippen LogP contribution in [0.4, 0.5) is 5.95 Å². The molecule has 0 aliphatic carbocycles. The number of nitrogens with one attached hydrogen (secondary N) is 1. The predicted molar refractivity (Wildman–Crippen MR) is 86.2 cm³/mol. The zero-order chi connectivity index (χ0) is 16.1. The fourth-order valence-electron chi connectivity index (χ4n) is 2.15. The maximum absolute atomic E-state index is 12.5. The average Bonchev–Trinajstić information content (AvgIpc) is 2.58. The lowest BCUT2D eigenvalue weighted by molar-refractivity contribution is 0.102. The van der Waals surface area contributed by atoms with Gasteiger partial charge >= 0.3 is 0 Å². The molecular weight excluding hydrogens is 292 g/mol. The van der Waals surface area contributed by atoms with E-state index in [9.17, 15) is 9.59 Å². The number of anilines is 1. The Kier molecular flexibility index (Phi) is 4.24. The minimum absolute atomic E-state index is 0.0517. The fourth-order valence-corrected chi connectivity index (χ4v) is 2.15. The van der Waals surface area contributed by atoms with Crippen molar-refractivity contribution >= 4 is 11.9 Å². The Morgan fingerprint density at radius 3 is 2.48 bits per heavy atom. The van der Waals surface area contributed by atoms with Crippen LogP contribution in [-0.4, -0.2) is 20.4 Å². The topological polar surface area (TPSA) is 76.9 Å². The van der Waals surface area contributed by atoms with E-state index in [2.05, 4.69) is 15.3 Å². The summed E-state index contributed by atoms with van der Waals surface area (Å²) in [6.07, 6.45) is 4.69. The third kappa shape index (κ3) is 3.49. The molecule has 1 aromatic carbocycles. The van der Waals surface area contributed by atoms with Gasteiger partial charge in [0.05, 0.1) is 6.54 Å². The van der Waals surface area contributed by atoms with E-state index in [0.29, 0.717) is 6.54 Å². The highest BCUT2D eigenvalue weighted by Crippen LogP contribution is 2.03. The molecule has 0 aliphatic heterocycles. The van der Waals surface area contributed by atoms with Crippen LogP contribution in [0.15, 0.2) is 71.9 Å². The Morgan fingerprint density at radius 2 is 1.74 bits per heavy atom. The van der Waals surface area contributed by atoms with Gasteiger partial charge in [-0.05, 0) is 23.8 Å². The normalized spacial score (nSPS) is 10.3. The average molecular weight is 306 g/mol. The zero-order valence-electron chi connectivity index (χ0n) is 12.2. The lowest BCUT2D eigenvalue weighted by atomic mass is 10.2. The van der Waals surface area contributed by atoms with Crippen molar-refractivity contribution < 1.29 is 4.79 Å². The van der Waals surface area contributed by atoms with Gasteiger partial charge in [-0.25, -0.2) is 9.97 Å². The standard InChI is InChI=1S/C17H14N4O2/c22-15(20-17-18-9-5-10-19-17)14-8-4-11-21(16(14)23)12-13-6-2-1-3-7-13/h1-11H,12H2,(H,18,19,20,22). The summed E-state index contributed by atoms with van der Waals surface area (Å²) in [4.78, 5) is 32.5. The van der Waals surface area contributed by atoms with Crippen LogP contribution in [0.5, 0.6) is 0 Å². The van der Waals surface area contributed by atoms with Gasteiger partial charge in [0.25, 0.3) is 11.5 Å². The highest BCUT2D eigenvalue weighted by molar-refractivity contribution is 6.02. The molecule has 3 rings (SSSR count). The van der Waals surface area contributed by atoms with Crippen molar-refractivity contribution in [1.82, 2.24) is 14.5 Å². The van der Waals surface area contributed by atoms with Gasteiger partial charge < -0.3 is 4.57 Å². The van der Waals surface area contributed by atoms with Gasteiger partial charge in [0.2, 0.25) is 5.95 Å². The molecular formula is C17H14N4O2. The first kappa shape index (κ1) is 14.6. The lowest BCUT2D eigenvalue weighted by Crippen LogP contribution is -2.29. The van der Waals surface area contributed by atoms with Crippen molar-refractivity contribution in [3.05, 3.63) is 88.6 Å². The van der Waals surface area contributed by atoms with Gasteiger partial charge in [-0.2, -0.15) is 0 Å². The molecule has 0 fully saturated rings. The summed E-state index contributed by atoms with van der Waals surface area (Å²) in [7, 11) is 0. The molecule has 0 aliphatic rings. The van der Waals surface area contributed by atoms with E-state index in [1.165, 1.54) is 23.0 Å². The van der Waals surface area contributed by atoms with Gasteiger partial charge in [-0.1, -0.05) is 30.3 Å². The Labute approximate surface area is 132 Å². The summed E-state index contributed by atoms with van der Waals surface area (Å²) < 4.78 is 1.50. The highest BCUT2D eigenvalue weighted by Gasteiger charge is 2.13. The highest BCUT2D eigenvalue weighted by atomic mass is 16.2. The van der Waals surface area contributed by atoms with Crippen molar-refractivity contribution in [3.8, 4) is 0 Å². The Morgan fingerprint density at radius 1 is 1.00 bits per heavy atom. The van der Waals surface area contributed by atoms with E-state index in [0.717, 1.165) is 5.56 Å². The SMILES string of the molecule is O=C(Nc1ncccn1)c1cccn(Cc2ccccc2)c1=O. The molecule has 6 nitrogen and oxygen atoms in total. The van der Waals surface area contributed by atoms with Gasteiger partial charge in [0, 0.05) is 18.6 Å². The second-order valence-corrected chi connectivity index (χ2v) is 4.87. The van der Waals surface area contributed by atoms with E-state index in [1.807, 2.05) is 30.3 Å². The van der Waals surface area contributed by atoms with Crippen molar-refractivity contribution in [3.63, 3.8) is 0 Å². The summed E-state index contributed by atoms with van der Waals surface area (Å²) in [5, 5.41) is 2.52. The molecule has 6 heteroatoms. The van der Waals surface area contributed by atoms with Crippen LogP contribution in [0.2, 0.25) is 0 Å². The van der Waals surface area contributed by atoms with Crippen LogP contribution in [0, 0.1) is 0 Å². The first-order valence-electron chi connectivity index (χ1n) is 7.06. The summed E-state index contributed by atoms with van der Waals surface area (Å²) in [5.74, 6) is -0.362. The van der Waals surface area contributed by atoms with Gasteiger partial charge in [-0.15, -0.1) is 0 Å². The maximum atomic E-state index is 12.5. The van der Waals surface area contributed by atoms with Crippen LogP contribution in [0.25, 0.3) is 0 Å². The smallest absolute Gasteiger partial charge is 0.263 e. The second-order valence-electron chi connectivity index (χ2n) is 4.87. The number of hydrogen-bond acceptors (Lipinski definition) is 4. The number of carbonyl (C=O) groups excluding carboxylic acids is 1. The van der Waals surface area contributed by atoms with Crippen LogP contribution in [0.1, 0.15) is 15.9 Å². The van der Waals surface area contributed by atoms with E-state index in [-0.39, 0.29) is 17.1 Å². The predicted octanol–water partition coefficient (Wildman–Crippen LogP) is 1.94. The van der Waals surface area contributed by atoms with Crippen LogP contribution < -0.4 is 10.9 Å². The van der Waals surface area contributed by atoms with E-state index in [1.54, 1.807) is 18.3 Å². The second kappa shape index (κ2) is 6.65. The molecule has 3 aromatic rings. The van der Waals surface area contributed by atoms with Crippen molar-refractivity contribution in [2.45, 2.75) is 6.54 Å². The number of nitrogens with zero attached hydrogens (tertiary/aromatic N) is 3. The summed E-state index contributed by atoms with van der Waals surface area (Å²) in [5.41, 5.74) is 0.680. The third-order valence-electron chi connectivity index (χ3n) is 3.25. The molecule has 114 valence electrons. The van der Waals surface area contributed by atoms with Gasteiger partial charge in [0.15, 0.2) is 0 Å². The van der Waals surface area contributed by atoms with E-state index < -0.39 is 5.91 Å². The van der Waals surface area contributed by atoms with Crippen LogP contribution >= 0.6 is 0 Å². The van der Waals surface area contributed by atoms with Crippen LogP contribution in [0.3, 0.4) is 0 Å². The lowest BCUT2D eigenvalue weighted by Gasteiger charge is -2.08. The third-order valence-corrected chi connectivity index (χ3v) is 3.25. The fraction of sp³-hybridized carbons (Fsp3) is 0.0588. The number of amides is 1. The van der Waals surface area contributed by atoms with E-state index in [4.69, 9.17) is 0 Å². The minimum atomic E-state index is -0.524. The number of benzene rings is 1. The molecule has 1 N–H and O–H groups in total. The molecule has 0 bridgehead atoms. The Bertz CT molecular complexity index is 861. The molecule has 0 unspecified atom stereocenters. The van der Waals surface area contributed by atoms with Gasteiger partial charge in [0.1, 0.15) is 5.56 Å². The molecule has 2 heterocycles. The summed E-state index contributed by atoms with van der Waals surface area (Å²) >= 11 is 0. The van der Waals surface area contributed by atoms with Crippen molar-refractivity contribution in [2.24, 2.45) is 0 Å². The minimum Gasteiger partial charge on any atom is -0.310 e. The Hall–Kier alpha value is -3.28. The summed E-state index contributed by atoms with van der Waals surface area (Å²) in [6, 6.07) is 14.4. The molecule has 0 saturated heterocycles. The first-order valence-corrected chi connectivity index (χ1v) is 7.06. The number of aromatic nitrogens is 3. The van der Waals surface area contributed by atoms with Crippen molar-refractivity contribution in [1.29, 1.82) is 0 Å². The summed E-state index contributed by atoms with van der Waals surface area (Å²) in [6.45, 7) is 0.405. The van der Waals surface area contributed by atoms with Crippen LogP contribution in [-0.2, 0) is 6.54 Å². The molecule has 1 amide bonds. The number of pyridine rings is 1. The molecule has 0 radical (unpaired) electrons. The Balaban J connectivity index is 1.85. The number of hydrogen-bond donors (Lipinski definition) is 1. The molecule has 2 aromatic heterocycles. The number of carbonyl (C=O) groups is 1. The first-order chi connectivity index (χ1) is 11.2. The van der Waals surface area contributed by atoms with Gasteiger partial charge in [-0.3, -0.25) is 14.9 Å². The molecule has 0 spiro atoms. The molecule has 23 heavy (non-hydrogen) atoms. The van der Waals surface area contributed by atoms with E-state index >= 15 is 0 Å².